The van der Waals surface area contributed by atoms with Crippen LogP contribution in [-0.4, -0.2) is 36.7 Å². The van der Waals surface area contributed by atoms with Gasteiger partial charge in [-0.3, -0.25) is 4.79 Å². The summed E-state index contributed by atoms with van der Waals surface area (Å²) in [4.78, 5) is 16.2. The fraction of sp³-hybridized carbons (Fsp3) is 0.571. The van der Waals surface area contributed by atoms with Crippen LogP contribution in [0.15, 0.2) is 18.3 Å². The first-order valence-corrected chi connectivity index (χ1v) is 6.73. The minimum absolute atomic E-state index is 0.126. The summed E-state index contributed by atoms with van der Waals surface area (Å²) in [6.07, 6.45) is 2.84. The molecule has 1 rings (SSSR count). The molecular formula is C14H23N3O2. The third kappa shape index (κ3) is 5.70. The van der Waals surface area contributed by atoms with E-state index in [1.54, 1.807) is 18.3 Å². The fourth-order valence-corrected chi connectivity index (χ4v) is 1.53. The fourth-order valence-electron chi connectivity index (χ4n) is 1.53. The highest BCUT2D eigenvalue weighted by atomic mass is 16.5. The zero-order chi connectivity index (χ0) is 14.1. The number of ether oxygens (including phenoxy) is 1. The molecule has 5 nitrogen and oxygen atoms in total. The molecule has 0 aromatic carbocycles. The Morgan fingerprint density at radius 2 is 2.21 bits per heavy atom. The van der Waals surface area contributed by atoms with E-state index in [0.29, 0.717) is 24.5 Å². The molecule has 2 N–H and O–H groups in total. The SMILES string of the molecule is CCCNc1ncccc1C(=O)NCCOC(C)C. The second kappa shape index (κ2) is 8.48. The second-order valence-electron chi connectivity index (χ2n) is 4.50. The first kappa shape index (κ1) is 15.4. The number of hydrogen-bond acceptors (Lipinski definition) is 4. The quantitative estimate of drug-likeness (QED) is 0.706. The predicted octanol–water partition coefficient (Wildman–Crippen LogP) is 2.06. The number of nitrogens with one attached hydrogen (secondary N) is 2. The molecule has 0 unspecified atom stereocenters. The summed E-state index contributed by atoms with van der Waals surface area (Å²) in [5, 5.41) is 5.98. The maximum Gasteiger partial charge on any atom is 0.255 e. The first-order valence-electron chi connectivity index (χ1n) is 6.73. The molecule has 19 heavy (non-hydrogen) atoms. The molecule has 1 aromatic rings. The smallest absolute Gasteiger partial charge is 0.255 e. The number of nitrogens with zero attached hydrogens (tertiary/aromatic N) is 1. The van der Waals surface area contributed by atoms with Crippen molar-refractivity contribution in [3.63, 3.8) is 0 Å². The molecule has 0 aliphatic rings. The van der Waals surface area contributed by atoms with Gasteiger partial charge in [-0.15, -0.1) is 0 Å². The Balaban J connectivity index is 2.51. The number of carbonyl (C=O) groups excluding carboxylic acids is 1. The van der Waals surface area contributed by atoms with Crippen molar-refractivity contribution in [2.24, 2.45) is 0 Å². The van der Waals surface area contributed by atoms with Gasteiger partial charge in [0, 0.05) is 19.3 Å². The van der Waals surface area contributed by atoms with Gasteiger partial charge in [0.05, 0.1) is 18.3 Å². The van der Waals surface area contributed by atoms with Crippen LogP contribution < -0.4 is 10.6 Å². The minimum Gasteiger partial charge on any atom is -0.377 e. The van der Waals surface area contributed by atoms with Crippen LogP contribution in [0.1, 0.15) is 37.6 Å². The van der Waals surface area contributed by atoms with Crippen molar-refractivity contribution in [2.45, 2.75) is 33.3 Å². The number of anilines is 1. The summed E-state index contributed by atoms with van der Waals surface area (Å²) >= 11 is 0. The number of pyridine rings is 1. The Bertz CT molecular complexity index is 394. The summed E-state index contributed by atoms with van der Waals surface area (Å²) in [5.41, 5.74) is 0.570. The molecule has 0 saturated heterocycles. The lowest BCUT2D eigenvalue weighted by Crippen LogP contribution is -2.29. The topological polar surface area (TPSA) is 63.2 Å². The van der Waals surface area contributed by atoms with Gasteiger partial charge in [-0.2, -0.15) is 0 Å². The van der Waals surface area contributed by atoms with Gasteiger partial charge in [0.2, 0.25) is 0 Å². The Hall–Kier alpha value is -1.62. The van der Waals surface area contributed by atoms with E-state index in [9.17, 15) is 4.79 Å². The Morgan fingerprint density at radius 3 is 2.89 bits per heavy atom. The van der Waals surface area contributed by atoms with E-state index in [1.807, 2.05) is 13.8 Å². The Morgan fingerprint density at radius 1 is 1.42 bits per heavy atom. The molecule has 1 heterocycles. The van der Waals surface area contributed by atoms with E-state index in [-0.39, 0.29) is 12.0 Å². The number of aromatic nitrogens is 1. The molecule has 106 valence electrons. The van der Waals surface area contributed by atoms with E-state index < -0.39 is 0 Å². The lowest BCUT2D eigenvalue weighted by atomic mass is 10.2. The summed E-state index contributed by atoms with van der Waals surface area (Å²) < 4.78 is 5.38. The summed E-state index contributed by atoms with van der Waals surface area (Å²) in [7, 11) is 0. The van der Waals surface area contributed by atoms with Crippen LogP contribution >= 0.6 is 0 Å². The highest BCUT2D eigenvalue weighted by Gasteiger charge is 2.11. The average Bonchev–Trinajstić information content (AvgIpc) is 2.41. The van der Waals surface area contributed by atoms with Crippen LogP contribution in [-0.2, 0) is 4.74 Å². The van der Waals surface area contributed by atoms with E-state index >= 15 is 0 Å². The van der Waals surface area contributed by atoms with E-state index in [0.717, 1.165) is 13.0 Å². The molecule has 0 bridgehead atoms. The van der Waals surface area contributed by atoms with Gasteiger partial charge in [-0.25, -0.2) is 4.98 Å². The standard InChI is InChI=1S/C14H23N3O2/c1-4-7-15-13-12(6-5-8-16-13)14(18)17-9-10-19-11(2)3/h5-6,8,11H,4,7,9-10H2,1-3H3,(H,15,16)(H,17,18). The normalized spacial score (nSPS) is 10.5. The van der Waals surface area contributed by atoms with Crippen LogP contribution in [0.4, 0.5) is 5.82 Å². The zero-order valence-electron chi connectivity index (χ0n) is 11.9. The van der Waals surface area contributed by atoms with Crippen LogP contribution in [0, 0.1) is 0 Å². The Kier molecular flexibility index (Phi) is 6.89. The molecule has 1 aromatic heterocycles. The van der Waals surface area contributed by atoms with Crippen LogP contribution in [0.25, 0.3) is 0 Å². The van der Waals surface area contributed by atoms with Crippen molar-refractivity contribution >= 4 is 11.7 Å². The average molecular weight is 265 g/mol. The van der Waals surface area contributed by atoms with Gasteiger partial charge in [0.1, 0.15) is 5.82 Å². The number of carbonyl (C=O) groups is 1. The predicted molar refractivity (Wildman–Crippen MR) is 76.4 cm³/mol. The van der Waals surface area contributed by atoms with Crippen molar-refractivity contribution in [1.82, 2.24) is 10.3 Å². The monoisotopic (exact) mass is 265 g/mol. The lowest BCUT2D eigenvalue weighted by Gasteiger charge is -2.11. The maximum atomic E-state index is 12.0. The van der Waals surface area contributed by atoms with Gasteiger partial charge < -0.3 is 15.4 Å². The molecule has 0 atom stereocenters. The van der Waals surface area contributed by atoms with Gasteiger partial charge in [-0.05, 0) is 32.4 Å². The summed E-state index contributed by atoms with van der Waals surface area (Å²) in [5.74, 6) is 0.505. The molecule has 1 amide bonds. The first-order chi connectivity index (χ1) is 9.15. The van der Waals surface area contributed by atoms with E-state index in [1.165, 1.54) is 0 Å². The largest absolute Gasteiger partial charge is 0.377 e. The van der Waals surface area contributed by atoms with Gasteiger partial charge in [0.25, 0.3) is 5.91 Å². The van der Waals surface area contributed by atoms with Crippen LogP contribution in [0.3, 0.4) is 0 Å². The molecule has 5 heteroatoms. The van der Waals surface area contributed by atoms with Gasteiger partial charge in [0.15, 0.2) is 0 Å². The van der Waals surface area contributed by atoms with Crippen LogP contribution in [0.5, 0.6) is 0 Å². The highest BCUT2D eigenvalue weighted by molar-refractivity contribution is 5.98. The van der Waals surface area contributed by atoms with E-state index in [4.69, 9.17) is 4.74 Å². The molecule has 0 aliphatic carbocycles. The number of hydrogen-bond donors (Lipinski definition) is 2. The summed E-state index contributed by atoms with van der Waals surface area (Å²) in [6.45, 7) is 7.82. The molecule has 0 aliphatic heterocycles. The third-order valence-corrected chi connectivity index (χ3v) is 2.43. The number of amides is 1. The van der Waals surface area contributed by atoms with Crippen molar-refractivity contribution in [3.8, 4) is 0 Å². The summed E-state index contributed by atoms with van der Waals surface area (Å²) in [6, 6.07) is 3.53. The van der Waals surface area contributed by atoms with Crippen molar-refractivity contribution < 1.29 is 9.53 Å². The zero-order valence-corrected chi connectivity index (χ0v) is 11.9. The molecular weight excluding hydrogens is 242 g/mol. The maximum absolute atomic E-state index is 12.0. The second-order valence-corrected chi connectivity index (χ2v) is 4.50. The lowest BCUT2D eigenvalue weighted by molar-refractivity contribution is 0.0747. The van der Waals surface area contributed by atoms with Crippen LogP contribution in [0.2, 0.25) is 0 Å². The molecule has 0 fully saturated rings. The number of rotatable bonds is 8. The molecule has 0 spiro atoms. The Labute approximate surface area is 114 Å². The third-order valence-electron chi connectivity index (χ3n) is 2.43. The van der Waals surface area contributed by atoms with Crippen molar-refractivity contribution in [2.75, 3.05) is 25.0 Å². The van der Waals surface area contributed by atoms with Gasteiger partial charge in [-0.1, -0.05) is 6.92 Å². The minimum atomic E-state index is -0.126. The highest BCUT2D eigenvalue weighted by Crippen LogP contribution is 2.10. The molecule has 0 radical (unpaired) electrons. The molecule has 0 saturated carbocycles. The van der Waals surface area contributed by atoms with Crippen molar-refractivity contribution in [3.05, 3.63) is 23.9 Å². The van der Waals surface area contributed by atoms with Gasteiger partial charge >= 0.3 is 0 Å². The van der Waals surface area contributed by atoms with E-state index in [2.05, 4.69) is 22.5 Å². The van der Waals surface area contributed by atoms with Crippen molar-refractivity contribution in [1.29, 1.82) is 0 Å².